The van der Waals surface area contributed by atoms with Crippen LogP contribution in [0.25, 0.3) is 10.9 Å². The van der Waals surface area contributed by atoms with E-state index in [1.165, 1.54) is 0 Å². The highest BCUT2D eigenvalue weighted by atomic mass is 32.2. The highest BCUT2D eigenvalue weighted by molar-refractivity contribution is 7.99. The molecule has 110 valence electrons. The molecule has 0 fully saturated rings. The molecule has 4 heteroatoms. The molecule has 0 unspecified atom stereocenters. The molecule has 1 N–H and O–H groups in total. The molecule has 0 saturated heterocycles. The molecule has 3 aromatic rings. The van der Waals surface area contributed by atoms with Crippen molar-refractivity contribution in [1.29, 1.82) is 0 Å². The smallest absolute Gasteiger partial charge is 0.256 e. The zero-order chi connectivity index (χ0) is 15.4. The molecule has 0 spiro atoms. The first-order valence-corrected chi connectivity index (χ1v) is 8.14. The van der Waals surface area contributed by atoms with Crippen molar-refractivity contribution >= 4 is 34.3 Å². The molecule has 3 nitrogen and oxygen atoms in total. The zero-order valence-electron chi connectivity index (χ0n) is 12.2. The third-order valence-corrected chi connectivity index (χ3v) is 4.25. The van der Waals surface area contributed by atoms with E-state index in [4.69, 9.17) is 0 Å². The number of anilines is 1. The van der Waals surface area contributed by atoms with Crippen LogP contribution >= 0.6 is 11.8 Å². The Balaban J connectivity index is 1.86. The molecule has 0 atom stereocenters. The minimum Gasteiger partial charge on any atom is -0.322 e. The number of rotatable bonds is 4. The number of carbonyl (C=O) groups excluding carboxylic acids is 1. The zero-order valence-corrected chi connectivity index (χ0v) is 13.1. The second-order valence-electron chi connectivity index (χ2n) is 4.79. The molecule has 0 aliphatic carbocycles. The topological polar surface area (TPSA) is 42.0 Å². The lowest BCUT2D eigenvalue weighted by atomic mass is 10.1. The van der Waals surface area contributed by atoms with E-state index >= 15 is 0 Å². The molecule has 22 heavy (non-hydrogen) atoms. The Labute approximate surface area is 133 Å². The summed E-state index contributed by atoms with van der Waals surface area (Å²) in [5.74, 6) is 0.853. The quantitative estimate of drug-likeness (QED) is 0.716. The summed E-state index contributed by atoms with van der Waals surface area (Å²) in [7, 11) is 0. The molecular formula is C18H16N2OS. The lowest BCUT2D eigenvalue weighted by molar-refractivity contribution is 0.102. The van der Waals surface area contributed by atoms with Gasteiger partial charge in [0.2, 0.25) is 0 Å². The number of thioether (sulfide) groups is 1. The number of carbonyl (C=O) groups is 1. The van der Waals surface area contributed by atoms with E-state index in [1.807, 2.05) is 54.6 Å². The number of nitrogens with one attached hydrogen (secondary N) is 1. The van der Waals surface area contributed by atoms with Gasteiger partial charge < -0.3 is 5.32 Å². The van der Waals surface area contributed by atoms with Crippen LogP contribution in [0.1, 0.15) is 17.3 Å². The number of hydrogen-bond donors (Lipinski definition) is 1. The highest BCUT2D eigenvalue weighted by Crippen LogP contribution is 2.24. The van der Waals surface area contributed by atoms with Crippen molar-refractivity contribution in [2.75, 3.05) is 11.1 Å². The molecule has 2 aromatic carbocycles. The van der Waals surface area contributed by atoms with Crippen LogP contribution in [0.15, 0.2) is 65.7 Å². The molecular weight excluding hydrogens is 292 g/mol. The average Bonchev–Trinajstić information content (AvgIpc) is 2.55. The van der Waals surface area contributed by atoms with Gasteiger partial charge in [-0.2, -0.15) is 0 Å². The van der Waals surface area contributed by atoms with Crippen LogP contribution in [-0.2, 0) is 0 Å². The van der Waals surface area contributed by atoms with Gasteiger partial charge in [0.05, 0.1) is 11.1 Å². The lowest BCUT2D eigenvalue weighted by Gasteiger charge is -2.09. The van der Waals surface area contributed by atoms with Crippen LogP contribution in [0.4, 0.5) is 5.69 Å². The van der Waals surface area contributed by atoms with Gasteiger partial charge in [0.25, 0.3) is 5.91 Å². The maximum atomic E-state index is 12.5. The number of fused-ring (bicyclic) bond motifs is 1. The average molecular weight is 308 g/mol. The fraction of sp³-hybridized carbons (Fsp3) is 0.111. The summed E-state index contributed by atoms with van der Waals surface area (Å²) in [5, 5.41) is 3.98. The van der Waals surface area contributed by atoms with E-state index in [2.05, 4.69) is 17.2 Å². The minimum absolute atomic E-state index is 0.0835. The summed E-state index contributed by atoms with van der Waals surface area (Å²) in [6, 6.07) is 17.3. The maximum Gasteiger partial charge on any atom is 0.256 e. The summed E-state index contributed by atoms with van der Waals surface area (Å²) in [5.41, 5.74) is 2.41. The monoisotopic (exact) mass is 308 g/mol. The van der Waals surface area contributed by atoms with E-state index in [0.717, 1.165) is 27.2 Å². The second-order valence-corrected chi connectivity index (χ2v) is 6.10. The Bertz CT molecular complexity index is 817. The highest BCUT2D eigenvalue weighted by Gasteiger charge is 2.11. The molecule has 0 saturated carbocycles. The third-order valence-electron chi connectivity index (χ3n) is 3.29. The number of aromatic nitrogens is 1. The van der Waals surface area contributed by atoms with E-state index in [1.54, 1.807) is 18.0 Å². The molecule has 1 aromatic heterocycles. The van der Waals surface area contributed by atoms with Gasteiger partial charge in [-0.15, -0.1) is 11.8 Å². The van der Waals surface area contributed by atoms with Crippen LogP contribution in [0.5, 0.6) is 0 Å². The first kappa shape index (κ1) is 14.6. The normalized spacial score (nSPS) is 10.6. The van der Waals surface area contributed by atoms with Crippen molar-refractivity contribution in [3.8, 4) is 0 Å². The van der Waals surface area contributed by atoms with Crippen LogP contribution < -0.4 is 5.32 Å². The van der Waals surface area contributed by atoms with Gasteiger partial charge in [-0.25, -0.2) is 0 Å². The van der Waals surface area contributed by atoms with Gasteiger partial charge in [-0.05, 0) is 42.2 Å². The van der Waals surface area contributed by atoms with Crippen molar-refractivity contribution in [2.24, 2.45) is 0 Å². The first-order valence-electron chi connectivity index (χ1n) is 7.16. The van der Waals surface area contributed by atoms with Gasteiger partial charge in [0, 0.05) is 22.2 Å². The van der Waals surface area contributed by atoms with Crippen molar-refractivity contribution in [3.05, 3.63) is 66.4 Å². The summed E-state index contributed by atoms with van der Waals surface area (Å²) in [6.45, 7) is 2.08. The number of pyridine rings is 1. The molecule has 3 rings (SSSR count). The Morgan fingerprint density at radius 1 is 1.14 bits per heavy atom. The van der Waals surface area contributed by atoms with E-state index in [0.29, 0.717) is 5.56 Å². The lowest BCUT2D eigenvalue weighted by Crippen LogP contribution is -2.12. The van der Waals surface area contributed by atoms with E-state index in [-0.39, 0.29) is 5.91 Å². The third kappa shape index (κ3) is 3.12. The number of nitrogens with zero attached hydrogens (tertiary/aromatic N) is 1. The van der Waals surface area contributed by atoms with E-state index in [9.17, 15) is 4.79 Å². The van der Waals surface area contributed by atoms with Crippen molar-refractivity contribution in [2.45, 2.75) is 11.8 Å². The minimum atomic E-state index is -0.0835. The summed E-state index contributed by atoms with van der Waals surface area (Å²) >= 11 is 1.67. The fourth-order valence-electron chi connectivity index (χ4n) is 2.29. The Hall–Kier alpha value is -2.33. The molecule has 0 aliphatic heterocycles. The van der Waals surface area contributed by atoms with Gasteiger partial charge in [-0.3, -0.25) is 9.78 Å². The van der Waals surface area contributed by atoms with Crippen LogP contribution in [0, 0.1) is 0 Å². The largest absolute Gasteiger partial charge is 0.322 e. The van der Waals surface area contributed by atoms with E-state index < -0.39 is 0 Å². The van der Waals surface area contributed by atoms with Crippen molar-refractivity contribution in [1.82, 2.24) is 4.98 Å². The van der Waals surface area contributed by atoms with Crippen LogP contribution in [0.2, 0.25) is 0 Å². The van der Waals surface area contributed by atoms with Gasteiger partial charge in [0.1, 0.15) is 0 Å². The predicted molar refractivity (Wildman–Crippen MR) is 92.5 cm³/mol. The SMILES string of the molecule is CCSc1ccccc1C(=O)Nc1ccc2ncccc2c1. The number of hydrogen-bond acceptors (Lipinski definition) is 3. The molecule has 0 bridgehead atoms. The molecule has 1 heterocycles. The molecule has 1 amide bonds. The molecule has 0 radical (unpaired) electrons. The Kier molecular flexibility index (Phi) is 4.39. The Morgan fingerprint density at radius 2 is 2.00 bits per heavy atom. The Morgan fingerprint density at radius 3 is 2.86 bits per heavy atom. The summed E-state index contributed by atoms with van der Waals surface area (Å²) in [4.78, 5) is 17.8. The summed E-state index contributed by atoms with van der Waals surface area (Å²) < 4.78 is 0. The van der Waals surface area contributed by atoms with Crippen molar-refractivity contribution < 1.29 is 4.79 Å². The van der Waals surface area contributed by atoms with Crippen LogP contribution in [0.3, 0.4) is 0 Å². The van der Waals surface area contributed by atoms with Crippen molar-refractivity contribution in [3.63, 3.8) is 0 Å². The van der Waals surface area contributed by atoms with Crippen LogP contribution in [-0.4, -0.2) is 16.6 Å². The maximum absolute atomic E-state index is 12.5. The van der Waals surface area contributed by atoms with Gasteiger partial charge in [-0.1, -0.05) is 25.1 Å². The number of benzene rings is 2. The molecule has 0 aliphatic rings. The summed E-state index contributed by atoms with van der Waals surface area (Å²) in [6.07, 6.45) is 1.76. The standard InChI is InChI=1S/C18H16N2OS/c1-2-22-17-8-4-3-7-15(17)18(21)20-14-9-10-16-13(12-14)6-5-11-19-16/h3-12H,2H2,1H3,(H,20,21). The first-order chi connectivity index (χ1) is 10.8. The second kappa shape index (κ2) is 6.62. The number of amides is 1. The van der Waals surface area contributed by atoms with Gasteiger partial charge >= 0.3 is 0 Å². The predicted octanol–water partition coefficient (Wildman–Crippen LogP) is 4.60. The fourth-order valence-corrected chi connectivity index (χ4v) is 3.09. The van der Waals surface area contributed by atoms with Gasteiger partial charge in [0.15, 0.2) is 0 Å².